The van der Waals surface area contributed by atoms with Crippen LogP contribution < -0.4 is 5.73 Å². The van der Waals surface area contributed by atoms with Crippen LogP contribution in [0.15, 0.2) is 18.2 Å². The van der Waals surface area contributed by atoms with Crippen molar-refractivity contribution in [3.63, 3.8) is 0 Å². The highest BCUT2D eigenvalue weighted by Crippen LogP contribution is 2.29. The van der Waals surface area contributed by atoms with Gasteiger partial charge >= 0.3 is 0 Å². The van der Waals surface area contributed by atoms with E-state index in [0.717, 1.165) is 16.4 Å². The van der Waals surface area contributed by atoms with Crippen LogP contribution in [-0.2, 0) is 0 Å². The molecule has 0 aliphatic rings. The molecule has 0 bridgehead atoms. The average molecular weight is 202 g/mol. The lowest BCUT2D eigenvalue weighted by atomic mass is 10.1. The predicted octanol–water partition coefficient (Wildman–Crippen LogP) is 2.17. The summed E-state index contributed by atoms with van der Waals surface area (Å²) < 4.78 is 0.878. The minimum Gasteiger partial charge on any atom is -0.399 e. The number of anilines is 1. The van der Waals surface area contributed by atoms with Crippen molar-refractivity contribution in [3.05, 3.63) is 28.6 Å². The second-order valence-corrected chi connectivity index (χ2v) is 3.95. The molecule has 0 radical (unpaired) electrons. The summed E-state index contributed by atoms with van der Waals surface area (Å²) in [4.78, 5) is 11.3. The van der Waals surface area contributed by atoms with Gasteiger partial charge in [-0.1, -0.05) is 0 Å². The molecule has 0 aliphatic heterocycles. The Morgan fingerprint density at radius 1 is 1.43 bits per heavy atom. The Morgan fingerprint density at radius 3 is 2.86 bits per heavy atom. The highest BCUT2D eigenvalue weighted by atomic mass is 32.1. The van der Waals surface area contributed by atoms with Gasteiger partial charge in [-0.25, -0.2) is 0 Å². The minimum atomic E-state index is 0.540. The summed E-state index contributed by atoms with van der Waals surface area (Å²) >= 11 is 1.34. The fourth-order valence-electron chi connectivity index (χ4n) is 1.34. The van der Waals surface area contributed by atoms with Gasteiger partial charge in [0, 0.05) is 21.3 Å². The molecule has 2 N–H and O–H groups in total. The normalized spacial score (nSPS) is 9.93. The van der Waals surface area contributed by atoms with Gasteiger partial charge in [0.25, 0.3) is 0 Å². The molecule has 1 heterocycles. The molecule has 0 saturated carbocycles. The number of hydrogen-bond acceptors (Lipinski definition) is 4. The third-order valence-corrected chi connectivity index (χ3v) is 2.92. The van der Waals surface area contributed by atoms with Crippen molar-refractivity contribution in [2.24, 2.45) is 0 Å². The quantitative estimate of drug-likeness (QED) is 0.569. The van der Waals surface area contributed by atoms with Gasteiger partial charge in [-0.15, -0.1) is 11.3 Å². The molecule has 0 aliphatic carbocycles. The summed E-state index contributed by atoms with van der Waals surface area (Å²) in [6, 6.07) is 7.15. The average Bonchev–Trinajstić information content (AvgIpc) is 2.59. The number of carbonyl (C=O) groups is 1. The largest absolute Gasteiger partial charge is 0.399 e. The zero-order valence-electron chi connectivity index (χ0n) is 7.15. The number of rotatable bonds is 1. The molecular formula is C10H6N2OS. The van der Waals surface area contributed by atoms with E-state index in [-0.39, 0.29) is 0 Å². The second-order valence-electron chi connectivity index (χ2n) is 2.86. The number of benzene rings is 1. The molecule has 1 aromatic carbocycles. The van der Waals surface area contributed by atoms with Gasteiger partial charge < -0.3 is 5.73 Å². The van der Waals surface area contributed by atoms with Crippen molar-refractivity contribution < 1.29 is 4.79 Å². The number of hydrogen-bond donors (Lipinski definition) is 1. The molecular weight excluding hydrogens is 196 g/mol. The van der Waals surface area contributed by atoms with Gasteiger partial charge in [0.2, 0.25) is 0 Å². The molecule has 0 spiro atoms. The number of aldehydes is 1. The van der Waals surface area contributed by atoms with Crippen LogP contribution >= 0.6 is 11.3 Å². The van der Waals surface area contributed by atoms with Gasteiger partial charge in [0.15, 0.2) is 6.29 Å². The Morgan fingerprint density at radius 2 is 2.21 bits per heavy atom. The Labute approximate surface area is 84.4 Å². The number of nitriles is 1. The molecule has 2 aromatic rings. The first-order valence-corrected chi connectivity index (χ1v) is 4.74. The van der Waals surface area contributed by atoms with Crippen LogP contribution in [0.5, 0.6) is 0 Å². The Balaban J connectivity index is 2.86. The summed E-state index contributed by atoms with van der Waals surface area (Å²) in [6.45, 7) is 0. The Hall–Kier alpha value is -1.86. The molecule has 2 rings (SSSR count). The Bertz CT molecular complexity index is 551. The summed E-state index contributed by atoms with van der Waals surface area (Å²) in [6.07, 6.45) is 0.757. The third kappa shape index (κ3) is 1.24. The van der Waals surface area contributed by atoms with Crippen LogP contribution in [0.25, 0.3) is 10.1 Å². The van der Waals surface area contributed by atoms with E-state index in [0.29, 0.717) is 16.1 Å². The van der Waals surface area contributed by atoms with E-state index in [4.69, 9.17) is 11.0 Å². The van der Waals surface area contributed by atoms with Gasteiger partial charge in [-0.3, -0.25) is 4.79 Å². The standard InChI is InChI=1S/C10H6N2OS/c11-4-8-3-9-6(5-13)1-7(12)2-10(9)14-8/h1-3,5H,12H2. The highest BCUT2D eigenvalue weighted by molar-refractivity contribution is 7.19. The molecule has 3 nitrogen and oxygen atoms in total. The van der Waals surface area contributed by atoms with Gasteiger partial charge in [0.05, 0.1) is 0 Å². The maximum atomic E-state index is 10.7. The molecule has 1 aromatic heterocycles. The van der Waals surface area contributed by atoms with Gasteiger partial charge in [0.1, 0.15) is 10.9 Å². The van der Waals surface area contributed by atoms with Crippen LogP contribution in [0.2, 0.25) is 0 Å². The summed E-state index contributed by atoms with van der Waals surface area (Å²) in [5, 5.41) is 9.51. The fourth-order valence-corrected chi connectivity index (χ4v) is 2.28. The molecule has 0 fully saturated rings. The second kappa shape index (κ2) is 3.13. The highest BCUT2D eigenvalue weighted by Gasteiger charge is 2.06. The molecule has 0 atom stereocenters. The van der Waals surface area contributed by atoms with Crippen molar-refractivity contribution in [2.75, 3.05) is 5.73 Å². The first-order valence-electron chi connectivity index (χ1n) is 3.93. The lowest BCUT2D eigenvalue weighted by Crippen LogP contribution is -1.87. The van der Waals surface area contributed by atoms with Crippen molar-refractivity contribution >= 4 is 33.4 Å². The van der Waals surface area contributed by atoms with Crippen LogP contribution in [0, 0.1) is 11.3 Å². The van der Waals surface area contributed by atoms with Crippen molar-refractivity contribution in [1.82, 2.24) is 0 Å². The molecule has 14 heavy (non-hydrogen) atoms. The topological polar surface area (TPSA) is 66.9 Å². The van der Waals surface area contributed by atoms with Crippen LogP contribution in [0.4, 0.5) is 5.69 Å². The predicted molar refractivity (Wildman–Crippen MR) is 56.3 cm³/mol. The number of nitrogens with two attached hydrogens (primary N) is 1. The monoisotopic (exact) mass is 202 g/mol. The van der Waals surface area contributed by atoms with E-state index in [1.54, 1.807) is 18.2 Å². The summed E-state index contributed by atoms with van der Waals surface area (Å²) in [7, 11) is 0. The molecule has 0 saturated heterocycles. The minimum absolute atomic E-state index is 0.540. The van der Waals surface area contributed by atoms with E-state index in [2.05, 4.69) is 0 Å². The van der Waals surface area contributed by atoms with Gasteiger partial charge in [-0.05, 0) is 18.2 Å². The third-order valence-electron chi connectivity index (χ3n) is 1.93. The van der Waals surface area contributed by atoms with E-state index < -0.39 is 0 Å². The Kier molecular flexibility index (Phi) is 1.95. The summed E-state index contributed by atoms with van der Waals surface area (Å²) in [5.74, 6) is 0. The zero-order valence-corrected chi connectivity index (χ0v) is 7.97. The lowest BCUT2D eigenvalue weighted by Gasteiger charge is -1.96. The van der Waals surface area contributed by atoms with E-state index in [1.807, 2.05) is 6.07 Å². The number of nitrogen functional groups attached to an aromatic ring is 1. The molecule has 4 heteroatoms. The maximum absolute atomic E-state index is 10.7. The van der Waals surface area contributed by atoms with Crippen molar-refractivity contribution in [1.29, 1.82) is 5.26 Å². The number of thiophene rings is 1. The first-order chi connectivity index (χ1) is 6.74. The first kappa shape index (κ1) is 8.73. The van der Waals surface area contributed by atoms with Crippen molar-refractivity contribution in [2.45, 2.75) is 0 Å². The molecule has 0 amide bonds. The van der Waals surface area contributed by atoms with E-state index in [9.17, 15) is 4.79 Å². The lowest BCUT2D eigenvalue weighted by molar-refractivity contribution is 0.112. The van der Waals surface area contributed by atoms with Crippen LogP contribution in [0.1, 0.15) is 15.2 Å². The van der Waals surface area contributed by atoms with Crippen LogP contribution in [-0.4, -0.2) is 6.29 Å². The number of fused-ring (bicyclic) bond motifs is 1. The zero-order chi connectivity index (χ0) is 10.1. The van der Waals surface area contributed by atoms with E-state index >= 15 is 0 Å². The maximum Gasteiger partial charge on any atom is 0.150 e. The number of carbonyl (C=O) groups excluding carboxylic acids is 1. The van der Waals surface area contributed by atoms with Crippen LogP contribution in [0.3, 0.4) is 0 Å². The smallest absolute Gasteiger partial charge is 0.150 e. The van der Waals surface area contributed by atoms with E-state index in [1.165, 1.54) is 11.3 Å². The van der Waals surface area contributed by atoms with Crippen molar-refractivity contribution in [3.8, 4) is 6.07 Å². The molecule has 68 valence electrons. The molecule has 0 unspecified atom stereocenters. The SMILES string of the molecule is N#Cc1cc2c(C=O)cc(N)cc2s1. The fraction of sp³-hybridized carbons (Fsp3) is 0. The van der Waals surface area contributed by atoms with Gasteiger partial charge in [-0.2, -0.15) is 5.26 Å². The summed E-state index contributed by atoms with van der Waals surface area (Å²) in [5.41, 5.74) is 6.70. The number of nitrogens with zero attached hydrogens (tertiary/aromatic N) is 1.